The van der Waals surface area contributed by atoms with Gasteiger partial charge in [0.25, 0.3) is 17.0 Å². The summed E-state index contributed by atoms with van der Waals surface area (Å²) in [7, 11) is 1.74. The Hall–Kier alpha value is -4.27. The van der Waals surface area contributed by atoms with Gasteiger partial charge in [-0.25, -0.2) is 15.2 Å². The van der Waals surface area contributed by atoms with E-state index in [1.54, 1.807) is 42.9 Å². The van der Waals surface area contributed by atoms with Gasteiger partial charge in [0.15, 0.2) is 5.69 Å². The van der Waals surface area contributed by atoms with E-state index in [-0.39, 0.29) is 16.8 Å². The Morgan fingerprint density at radius 3 is 2.47 bits per heavy atom. The van der Waals surface area contributed by atoms with Crippen LogP contribution >= 0.6 is 0 Å². The van der Waals surface area contributed by atoms with E-state index in [4.69, 9.17) is 0 Å². The van der Waals surface area contributed by atoms with Crippen molar-refractivity contribution in [1.82, 2.24) is 25.0 Å². The average Bonchev–Trinajstić information content (AvgIpc) is 2.97. The number of carbonyl (C=O) groups excluding carboxylic acids is 1. The first kappa shape index (κ1) is 19.1. The van der Waals surface area contributed by atoms with Crippen LogP contribution in [0.1, 0.15) is 21.7 Å². The van der Waals surface area contributed by atoms with Crippen molar-refractivity contribution in [2.24, 2.45) is 12.1 Å². The Bertz CT molecular complexity index is 1400. The van der Waals surface area contributed by atoms with Crippen molar-refractivity contribution in [2.75, 3.05) is 0 Å². The van der Waals surface area contributed by atoms with Gasteiger partial charge in [0.05, 0.1) is 23.0 Å². The SMILES string of the molecule is Cc1c(/C=N\NC(=O)c2n[nH]c(=O)c3ccccc23)n(C)n(-c2ccccc2)c1=O. The van der Waals surface area contributed by atoms with Crippen molar-refractivity contribution >= 4 is 22.9 Å². The molecule has 0 fully saturated rings. The second kappa shape index (κ2) is 7.63. The lowest BCUT2D eigenvalue weighted by Gasteiger charge is -2.08. The molecule has 0 atom stereocenters. The van der Waals surface area contributed by atoms with Crippen molar-refractivity contribution in [3.05, 3.63) is 92.3 Å². The van der Waals surface area contributed by atoms with Gasteiger partial charge in [0, 0.05) is 18.0 Å². The summed E-state index contributed by atoms with van der Waals surface area (Å²) in [5.74, 6) is -0.580. The number of para-hydroxylation sites is 1. The minimum atomic E-state index is -0.580. The summed E-state index contributed by atoms with van der Waals surface area (Å²) in [5, 5.41) is 10.9. The number of hydrogen-bond acceptors (Lipinski definition) is 5. The molecule has 0 bridgehead atoms. The van der Waals surface area contributed by atoms with Crippen LogP contribution in [0.2, 0.25) is 0 Å². The number of aromatic nitrogens is 4. The van der Waals surface area contributed by atoms with Crippen LogP contribution in [-0.4, -0.2) is 31.7 Å². The zero-order chi connectivity index (χ0) is 21.3. The summed E-state index contributed by atoms with van der Waals surface area (Å²) in [6.07, 6.45) is 1.40. The molecular weight excluding hydrogens is 384 g/mol. The van der Waals surface area contributed by atoms with Crippen LogP contribution in [-0.2, 0) is 7.05 Å². The Morgan fingerprint density at radius 1 is 1.07 bits per heavy atom. The quantitative estimate of drug-likeness (QED) is 0.397. The minimum absolute atomic E-state index is 0.0508. The predicted molar refractivity (Wildman–Crippen MR) is 113 cm³/mol. The first-order valence-corrected chi connectivity index (χ1v) is 9.14. The molecular formula is C21H18N6O3. The summed E-state index contributed by atoms with van der Waals surface area (Å²) in [6, 6.07) is 15.9. The summed E-state index contributed by atoms with van der Waals surface area (Å²) in [4.78, 5) is 37.1. The lowest BCUT2D eigenvalue weighted by molar-refractivity contribution is 0.0951. The summed E-state index contributed by atoms with van der Waals surface area (Å²) in [5.41, 5.74) is 3.66. The van der Waals surface area contributed by atoms with Gasteiger partial charge in [0.2, 0.25) is 0 Å². The average molecular weight is 402 g/mol. The van der Waals surface area contributed by atoms with Gasteiger partial charge in [-0.15, -0.1) is 0 Å². The van der Waals surface area contributed by atoms with E-state index in [2.05, 4.69) is 20.7 Å². The first-order chi connectivity index (χ1) is 14.5. The van der Waals surface area contributed by atoms with Crippen LogP contribution in [0, 0.1) is 6.92 Å². The zero-order valence-electron chi connectivity index (χ0n) is 16.3. The normalized spacial score (nSPS) is 11.3. The number of benzene rings is 2. The molecule has 0 spiro atoms. The smallest absolute Gasteiger partial charge is 0.279 e. The molecule has 9 heteroatoms. The van der Waals surface area contributed by atoms with Gasteiger partial charge in [-0.3, -0.25) is 19.1 Å². The molecule has 0 saturated carbocycles. The van der Waals surface area contributed by atoms with Crippen molar-refractivity contribution in [3.63, 3.8) is 0 Å². The topological polar surface area (TPSA) is 114 Å². The second-order valence-corrected chi connectivity index (χ2v) is 6.63. The molecule has 2 heterocycles. The molecule has 9 nitrogen and oxygen atoms in total. The van der Waals surface area contributed by atoms with Crippen molar-refractivity contribution in [1.29, 1.82) is 0 Å². The molecule has 150 valence electrons. The molecule has 2 aromatic carbocycles. The Kier molecular flexibility index (Phi) is 4.85. The van der Waals surface area contributed by atoms with Crippen LogP contribution in [0.5, 0.6) is 0 Å². The fraction of sp³-hybridized carbons (Fsp3) is 0.0952. The Labute approximate surface area is 170 Å². The van der Waals surface area contributed by atoms with Crippen LogP contribution in [0.25, 0.3) is 16.5 Å². The molecule has 0 saturated heterocycles. The van der Waals surface area contributed by atoms with Gasteiger partial charge < -0.3 is 0 Å². The summed E-state index contributed by atoms with van der Waals surface area (Å²) >= 11 is 0. The van der Waals surface area contributed by atoms with Crippen LogP contribution in [0.3, 0.4) is 0 Å². The summed E-state index contributed by atoms with van der Waals surface area (Å²) in [6.45, 7) is 1.70. The van der Waals surface area contributed by atoms with Gasteiger partial charge in [-0.1, -0.05) is 36.4 Å². The number of rotatable bonds is 4. The minimum Gasteiger partial charge on any atom is -0.279 e. The maximum absolute atomic E-state index is 12.7. The van der Waals surface area contributed by atoms with Crippen LogP contribution in [0.4, 0.5) is 0 Å². The van der Waals surface area contributed by atoms with Crippen LogP contribution in [0.15, 0.2) is 69.3 Å². The molecule has 0 aliphatic heterocycles. The van der Waals surface area contributed by atoms with Crippen molar-refractivity contribution < 1.29 is 4.79 Å². The molecule has 1 amide bonds. The third-order valence-corrected chi connectivity index (χ3v) is 4.81. The molecule has 4 aromatic rings. The van der Waals surface area contributed by atoms with E-state index in [0.717, 1.165) is 5.69 Å². The summed E-state index contributed by atoms with van der Waals surface area (Å²) < 4.78 is 3.19. The fourth-order valence-corrected chi connectivity index (χ4v) is 3.29. The monoisotopic (exact) mass is 402 g/mol. The lowest BCUT2D eigenvalue weighted by atomic mass is 10.1. The lowest BCUT2D eigenvalue weighted by Crippen LogP contribution is -2.23. The molecule has 0 aliphatic rings. The largest absolute Gasteiger partial charge is 0.292 e. The number of hydrazone groups is 1. The highest BCUT2D eigenvalue weighted by Gasteiger charge is 2.15. The predicted octanol–water partition coefficient (Wildman–Crippen LogP) is 1.48. The molecule has 2 aromatic heterocycles. The van der Waals surface area contributed by atoms with Gasteiger partial charge >= 0.3 is 0 Å². The van der Waals surface area contributed by atoms with Gasteiger partial charge in [0.1, 0.15) is 0 Å². The van der Waals surface area contributed by atoms with E-state index in [0.29, 0.717) is 22.0 Å². The number of fused-ring (bicyclic) bond motifs is 1. The maximum atomic E-state index is 12.7. The van der Waals surface area contributed by atoms with Gasteiger partial charge in [-0.05, 0) is 25.1 Å². The second-order valence-electron chi connectivity index (χ2n) is 6.63. The number of amides is 1. The Morgan fingerprint density at radius 2 is 1.73 bits per heavy atom. The van der Waals surface area contributed by atoms with Crippen molar-refractivity contribution in [2.45, 2.75) is 6.92 Å². The van der Waals surface area contributed by atoms with E-state index >= 15 is 0 Å². The Balaban J connectivity index is 1.64. The number of aromatic amines is 1. The molecule has 4 rings (SSSR count). The first-order valence-electron chi connectivity index (χ1n) is 9.14. The maximum Gasteiger partial charge on any atom is 0.292 e. The third-order valence-electron chi connectivity index (χ3n) is 4.81. The third kappa shape index (κ3) is 3.22. The number of nitrogens with one attached hydrogen (secondary N) is 2. The number of hydrogen-bond donors (Lipinski definition) is 2. The van der Waals surface area contributed by atoms with E-state index < -0.39 is 5.91 Å². The van der Waals surface area contributed by atoms with Crippen LogP contribution < -0.4 is 16.5 Å². The van der Waals surface area contributed by atoms with Crippen molar-refractivity contribution in [3.8, 4) is 5.69 Å². The number of carbonyl (C=O) groups is 1. The standard InChI is InChI=1S/C21H18N6O3/c1-13-17(26(2)27(21(13)30)14-8-4-3-5-9-14)12-22-24-20(29)18-15-10-6-7-11-16(15)19(28)25-23-18/h3-12H,1-2H3,(H,24,29)(H,25,28)/b22-12-. The molecule has 2 N–H and O–H groups in total. The fourth-order valence-electron chi connectivity index (χ4n) is 3.29. The number of nitrogens with zero attached hydrogens (tertiary/aromatic N) is 4. The number of H-pyrrole nitrogens is 1. The molecule has 0 aliphatic carbocycles. The molecule has 0 radical (unpaired) electrons. The molecule has 0 unspecified atom stereocenters. The zero-order valence-corrected chi connectivity index (χ0v) is 16.3. The highest BCUT2D eigenvalue weighted by molar-refractivity contribution is 6.04. The van der Waals surface area contributed by atoms with E-state index in [1.165, 1.54) is 10.9 Å². The van der Waals surface area contributed by atoms with Gasteiger partial charge in [-0.2, -0.15) is 10.2 Å². The highest BCUT2D eigenvalue weighted by atomic mass is 16.2. The highest BCUT2D eigenvalue weighted by Crippen LogP contribution is 2.12. The van der Waals surface area contributed by atoms with E-state index in [9.17, 15) is 14.4 Å². The van der Waals surface area contributed by atoms with E-state index in [1.807, 2.05) is 30.3 Å². The molecule has 30 heavy (non-hydrogen) atoms.